The van der Waals surface area contributed by atoms with Crippen LogP contribution in [-0.2, 0) is 14.3 Å². The summed E-state index contributed by atoms with van der Waals surface area (Å²) in [5.41, 5.74) is 0. The van der Waals surface area contributed by atoms with E-state index in [-0.39, 0.29) is 12.5 Å². The molecule has 0 aromatic heterocycles. The van der Waals surface area contributed by atoms with Crippen molar-refractivity contribution >= 4 is 17.9 Å². The van der Waals surface area contributed by atoms with Gasteiger partial charge in [-0.3, -0.25) is 9.59 Å². The lowest BCUT2D eigenvalue weighted by atomic mass is 10.1. The number of carbonyl (C=O) groups is 3. The van der Waals surface area contributed by atoms with Crippen molar-refractivity contribution in [3.63, 3.8) is 0 Å². The van der Waals surface area contributed by atoms with Gasteiger partial charge in [-0.25, -0.2) is 4.79 Å². The van der Waals surface area contributed by atoms with Crippen molar-refractivity contribution in [3.05, 3.63) is 0 Å². The second kappa shape index (κ2) is 9.17. The Bertz CT molecular complexity index is 375. The van der Waals surface area contributed by atoms with Crippen molar-refractivity contribution < 1.29 is 24.2 Å². The maximum atomic E-state index is 12.0. The number of ether oxygens (including phenoxy) is 1. The minimum Gasteiger partial charge on any atom is -0.481 e. The smallest absolute Gasteiger partial charge is 0.318 e. The summed E-state index contributed by atoms with van der Waals surface area (Å²) in [6.07, 6.45) is 2.30. The van der Waals surface area contributed by atoms with Gasteiger partial charge in [0.15, 0.2) is 0 Å². The van der Waals surface area contributed by atoms with Gasteiger partial charge in [-0.2, -0.15) is 0 Å². The number of carboxylic acid groups (broad SMARTS) is 1. The molecule has 3 amide bonds. The summed E-state index contributed by atoms with van der Waals surface area (Å²) < 4.78 is 4.93. The first-order valence-electron chi connectivity index (χ1n) is 7.09. The quantitative estimate of drug-likeness (QED) is 0.538. The van der Waals surface area contributed by atoms with Crippen LogP contribution in [0.4, 0.5) is 4.79 Å². The number of piperazine rings is 1. The van der Waals surface area contributed by atoms with Crippen LogP contribution in [0, 0.1) is 0 Å². The molecule has 1 rings (SSSR count). The number of unbranched alkanes of at least 4 members (excludes halogenated alkanes) is 2. The van der Waals surface area contributed by atoms with Crippen LogP contribution in [-0.4, -0.2) is 67.3 Å². The minimum atomic E-state index is -1.10. The highest BCUT2D eigenvalue weighted by molar-refractivity contribution is 5.91. The first kappa shape index (κ1) is 17.2. The van der Waals surface area contributed by atoms with E-state index in [1.165, 1.54) is 4.90 Å². The van der Waals surface area contributed by atoms with Crippen molar-refractivity contribution in [3.8, 4) is 0 Å². The second-order valence-corrected chi connectivity index (χ2v) is 4.88. The Kier molecular flexibility index (Phi) is 7.52. The van der Waals surface area contributed by atoms with Crippen LogP contribution in [0.15, 0.2) is 0 Å². The fraction of sp³-hybridized carbons (Fsp3) is 0.769. The van der Waals surface area contributed by atoms with Crippen molar-refractivity contribution in [2.24, 2.45) is 0 Å². The summed E-state index contributed by atoms with van der Waals surface area (Å²) in [6, 6.07) is -1.33. The Morgan fingerprint density at radius 3 is 2.86 bits per heavy atom. The normalized spacial score (nSPS) is 18.2. The SMILES string of the molecule is COCCCCCNC(=O)N1CCNC(=O)C1CC(=O)O. The average molecular weight is 301 g/mol. The number of nitrogens with zero attached hydrogens (tertiary/aromatic N) is 1. The van der Waals surface area contributed by atoms with Gasteiger partial charge in [0.25, 0.3) is 0 Å². The monoisotopic (exact) mass is 301 g/mol. The van der Waals surface area contributed by atoms with Crippen molar-refractivity contribution in [2.75, 3.05) is 33.4 Å². The molecule has 3 N–H and O–H groups in total. The molecule has 8 heteroatoms. The number of hydrogen-bond donors (Lipinski definition) is 3. The second-order valence-electron chi connectivity index (χ2n) is 4.88. The third-order valence-electron chi connectivity index (χ3n) is 3.26. The first-order valence-corrected chi connectivity index (χ1v) is 7.09. The molecule has 0 saturated carbocycles. The predicted octanol–water partition coefficient (Wildman–Crippen LogP) is -0.212. The first-order chi connectivity index (χ1) is 10.1. The summed E-state index contributed by atoms with van der Waals surface area (Å²) in [7, 11) is 1.64. The molecule has 1 aliphatic rings. The molecule has 0 radical (unpaired) electrons. The summed E-state index contributed by atoms with van der Waals surface area (Å²) in [6.45, 7) is 1.86. The number of nitrogens with one attached hydrogen (secondary N) is 2. The molecule has 0 aliphatic carbocycles. The Labute approximate surface area is 123 Å². The molecule has 1 saturated heterocycles. The van der Waals surface area contributed by atoms with Gasteiger partial charge < -0.3 is 25.4 Å². The minimum absolute atomic E-state index is 0.319. The van der Waals surface area contributed by atoms with Crippen LogP contribution in [0.2, 0.25) is 0 Å². The lowest BCUT2D eigenvalue weighted by Gasteiger charge is -2.34. The fourth-order valence-corrected chi connectivity index (χ4v) is 2.17. The van der Waals surface area contributed by atoms with E-state index in [4.69, 9.17) is 9.84 Å². The highest BCUT2D eigenvalue weighted by Crippen LogP contribution is 2.09. The van der Waals surface area contributed by atoms with E-state index in [0.29, 0.717) is 26.2 Å². The molecule has 0 aromatic carbocycles. The maximum Gasteiger partial charge on any atom is 0.318 e. The number of carbonyl (C=O) groups excluding carboxylic acids is 2. The highest BCUT2D eigenvalue weighted by Gasteiger charge is 2.34. The average Bonchev–Trinajstić information content (AvgIpc) is 2.44. The molecule has 0 bridgehead atoms. The van der Waals surface area contributed by atoms with E-state index >= 15 is 0 Å². The van der Waals surface area contributed by atoms with Gasteiger partial charge in [-0.1, -0.05) is 0 Å². The van der Waals surface area contributed by atoms with E-state index in [0.717, 1.165) is 19.3 Å². The summed E-state index contributed by atoms with van der Waals surface area (Å²) in [5, 5.41) is 14.1. The summed E-state index contributed by atoms with van der Waals surface area (Å²) in [4.78, 5) is 35.8. The number of carboxylic acids is 1. The van der Waals surface area contributed by atoms with Crippen LogP contribution in [0.1, 0.15) is 25.7 Å². The van der Waals surface area contributed by atoms with Crippen molar-refractivity contribution in [1.82, 2.24) is 15.5 Å². The number of methoxy groups -OCH3 is 1. The van der Waals surface area contributed by atoms with Crippen molar-refractivity contribution in [1.29, 1.82) is 0 Å². The number of urea groups is 1. The van der Waals surface area contributed by atoms with Crippen LogP contribution < -0.4 is 10.6 Å². The van der Waals surface area contributed by atoms with Crippen LogP contribution in [0.5, 0.6) is 0 Å². The van der Waals surface area contributed by atoms with Gasteiger partial charge in [-0.05, 0) is 19.3 Å². The lowest BCUT2D eigenvalue weighted by molar-refractivity contribution is -0.142. The third-order valence-corrected chi connectivity index (χ3v) is 3.26. The molecular formula is C13H23N3O5. The van der Waals surface area contributed by atoms with Gasteiger partial charge in [0.05, 0.1) is 6.42 Å². The Balaban J connectivity index is 2.39. The number of aliphatic carboxylic acids is 1. The summed E-state index contributed by atoms with van der Waals surface area (Å²) >= 11 is 0. The van der Waals surface area contributed by atoms with Crippen LogP contribution >= 0.6 is 0 Å². The van der Waals surface area contributed by atoms with E-state index in [1.807, 2.05) is 0 Å². The zero-order valence-electron chi connectivity index (χ0n) is 12.3. The lowest BCUT2D eigenvalue weighted by Crippen LogP contribution is -2.60. The van der Waals surface area contributed by atoms with Crippen LogP contribution in [0.25, 0.3) is 0 Å². The molecule has 1 heterocycles. The Morgan fingerprint density at radius 2 is 2.19 bits per heavy atom. The van der Waals surface area contributed by atoms with E-state index < -0.39 is 17.9 Å². The topological polar surface area (TPSA) is 108 Å². The van der Waals surface area contributed by atoms with E-state index in [1.54, 1.807) is 7.11 Å². The molecule has 1 aliphatic heterocycles. The maximum absolute atomic E-state index is 12.0. The zero-order chi connectivity index (χ0) is 15.7. The fourth-order valence-electron chi connectivity index (χ4n) is 2.17. The zero-order valence-corrected chi connectivity index (χ0v) is 12.3. The highest BCUT2D eigenvalue weighted by atomic mass is 16.5. The molecule has 1 fully saturated rings. The Hall–Kier alpha value is -1.83. The van der Waals surface area contributed by atoms with Gasteiger partial charge >= 0.3 is 12.0 Å². The number of hydrogen-bond acceptors (Lipinski definition) is 4. The van der Waals surface area contributed by atoms with Crippen molar-refractivity contribution in [2.45, 2.75) is 31.7 Å². The molecule has 8 nitrogen and oxygen atoms in total. The number of rotatable bonds is 8. The predicted molar refractivity (Wildman–Crippen MR) is 74.9 cm³/mol. The third kappa shape index (κ3) is 5.99. The molecular weight excluding hydrogens is 278 g/mol. The van der Waals surface area contributed by atoms with Crippen LogP contribution in [0.3, 0.4) is 0 Å². The Morgan fingerprint density at radius 1 is 1.43 bits per heavy atom. The standard InChI is InChI=1S/C13H23N3O5/c1-21-8-4-2-3-5-15-13(20)16-7-6-14-12(19)10(16)9-11(17)18/h10H,2-9H2,1H3,(H,14,19)(H,15,20)(H,17,18). The summed E-state index contributed by atoms with van der Waals surface area (Å²) in [5.74, 6) is -1.52. The van der Waals surface area contributed by atoms with Gasteiger partial charge in [-0.15, -0.1) is 0 Å². The number of amides is 3. The largest absolute Gasteiger partial charge is 0.481 e. The van der Waals surface area contributed by atoms with E-state index in [2.05, 4.69) is 10.6 Å². The molecule has 120 valence electrons. The van der Waals surface area contributed by atoms with Gasteiger partial charge in [0.1, 0.15) is 6.04 Å². The van der Waals surface area contributed by atoms with Gasteiger partial charge in [0.2, 0.25) is 5.91 Å². The molecule has 1 atom stereocenters. The van der Waals surface area contributed by atoms with E-state index in [9.17, 15) is 14.4 Å². The molecule has 0 spiro atoms. The van der Waals surface area contributed by atoms with Gasteiger partial charge in [0, 0.05) is 33.4 Å². The molecule has 0 aromatic rings. The molecule has 1 unspecified atom stereocenters. The molecule has 21 heavy (non-hydrogen) atoms.